The molecule has 1 saturated carbocycles. The van der Waals surface area contributed by atoms with Crippen molar-refractivity contribution < 1.29 is 19.4 Å². The van der Waals surface area contributed by atoms with Crippen LogP contribution in [0.2, 0.25) is 5.02 Å². The number of hydrogen-bond acceptors (Lipinski definition) is 3. The highest BCUT2D eigenvalue weighted by atomic mass is 35.5. The van der Waals surface area contributed by atoms with E-state index in [9.17, 15) is 14.7 Å². The first-order chi connectivity index (χ1) is 11.0. The highest BCUT2D eigenvalue weighted by Gasteiger charge is 2.53. The van der Waals surface area contributed by atoms with Crippen LogP contribution in [-0.2, 0) is 26.2 Å². The minimum absolute atomic E-state index is 0.231. The number of aliphatic carboxylic acids is 1. The zero-order chi connectivity index (χ0) is 16.6. The van der Waals surface area contributed by atoms with Gasteiger partial charge in [-0.1, -0.05) is 36.9 Å². The third-order valence-electron chi connectivity index (χ3n) is 5.40. The molecule has 4 nitrogen and oxygen atoms in total. The van der Waals surface area contributed by atoms with Gasteiger partial charge >= 0.3 is 11.9 Å². The molecule has 0 aromatic heterocycles. The van der Waals surface area contributed by atoms with Crippen LogP contribution in [0.5, 0.6) is 0 Å². The standard InChI is InChI=1S/C18H21ClO4/c1-23-17(22)18(16(20)21)8-7-12-9-15(19)13(10-14(12)18)11-5-3-2-4-6-11/h9-11H,2-8H2,1H3,(H,20,21). The number of carbonyl (C=O) groups excluding carboxylic acids is 1. The molecule has 1 unspecified atom stereocenters. The summed E-state index contributed by atoms with van der Waals surface area (Å²) in [6.45, 7) is 0. The summed E-state index contributed by atoms with van der Waals surface area (Å²) in [5, 5.41) is 10.4. The lowest BCUT2D eigenvalue weighted by Gasteiger charge is -2.26. The Balaban J connectivity index is 2.10. The molecule has 0 aliphatic heterocycles. The maximum Gasteiger partial charge on any atom is 0.327 e. The van der Waals surface area contributed by atoms with E-state index in [1.54, 1.807) is 0 Å². The quantitative estimate of drug-likeness (QED) is 0.673. The number of hydrogen-bond donors (Lipinski definition) is 1. The molecular weight excluding hydrogens is 316 g/mol. The van der Waals surface area contributed by atoms with Crippen LogP contribution >= 0.6 is 11.6 Å². The minimum Gasteiger partial charge on any atom is -0.480 e. The average molecular weight is 337 g/mol. The summed E-state index contributed by atoms with van der Waals surface area (Å²) in [5.41, 5.74) is 0.823. The molecule has 0 amide bonds. The van der Waals surface area contributed by atoms with Crippen molar-refractivity contribution in [1.82, 2.24) is 0 Å². The zero-order valence-corrected chi connectivity index (χ0v) is 14.0. The lowest BCUT2D eigenvalue weighted by Crippen LogP contribution is -2.42. The van der Waals surface area contributed by atoms with Crippen molar-refractivity contribution in [3.05, 3.63) is 33.8 Å². The predicted octanol–water partition coefficient (Wildman–Crippen LogP) is 3.83. The molecule has 1 fully saturated rings. The number of ether oxygens (including phenoxy) is 1. The first kappa shape index (κ1) is 16.3. The van der Waals surface area contributed by atoms with E-state index in [0.29, 0.717) is 22.9 Å². The number of esters is 1. The number of carbonyl (C=O) groups is 2. The van der Waals surface area contributed by atoms with E-state index in [0.717, 1.165) is 24.0 Å². The van der Waals surface area contributed by atoms with Crippen LogP contribution in [0.3, 0.4) is 0 Å². The summed E-state index contributed by atoms with van der Waals surface area (Å²) in [6, 6.07) is 3.72. The summed E-state index contributed by atoms with van der Waals surface area (Å²) in [6.07, 6.45) is 6.46. The number of methoxy groups -OCH3 is 1. The Morgan fingerprint density at radius 1 is 1.26 bits per heavy atom. The van der Waals surface area contributed by atoms with Crippen molar-refractivity contribution >= 4 is 23.5 Å². The van der Waals surface area contributed by atoms with Gasteiger partial charge in [0.25, 0.3) is 0 Å². The molecule has 0 bridgehead atoms. The Morgan fingerprint density at radius 3 is 2.57 bits per heavy atom. The highest BCUT2D eigenvalue weighted by molar-refractivity contribution is 6.31. The largest absolute Gasteiger partial charge is 0.480 e. The second-order valence-corrected chi connectivity index (χ2v) is 6.98. The first-order valence-electron chi connectivity index (χ1n) is 8.15. The second kappa shape index (κ2) is 6.16. The molecule has 2 aliphatic carbocycles. The Kier molecular flexibility index (Phi) is 4.37. The predicted molar refractivity (Wildman–Crippen MR) is 86.9 cm³/mol. The van der Waals surface area contributed by atoms with Gasteiger partial charge in [-0.05, 0) is 54.4 Å². The molecule has 1 N–H and O–H groups in total. The van der Waals surface area contributed by atoms with E-state index in [4.69, 9.17) is 16.3 Å². The molecule has 1 aromatic carbocycles. The van der Waals surface area contributed by atoms with Gasteiger partial charge in [-0.25, -0.2) is 0 Å². The van der Waals surface area contributed by atoms with E-state index < -0.39 is 17.4 Å². The van der Waals surface area contributed by atoms with Crippen molar-refractivity contribution in [3.8, 4) is 0 Å². The molecular formula is C18H21ClO4. The van der Waals surface area contributed by atoms with Gasteiger partial charge in [-0.3, -0.25) is 9.59 Å². The number of carboxylic acids is 1. The molecule has 2 aliphatic rings. The number of benzene rings is 1. The maximum absolute atomic E-state index is 12.3. The zero-order valence-electron chi connectivity index (χ0n) is 13.2. The fourth-order valence-electron chi connectivity index (χ4n) is 4.11. The van der Waals surface area contributed by atoms with Gasteiger partial charge in [0.1, 0.15) is 0 Å². The molecule has 124 valence electrons. The lowest BCUT2D eigenvalue weighted by molar-refractivity contribution is -0.159. The number of fused-ring (bicyclic) bond motifs is 1. The fourth-order valence-corrected chi connectivity index (χ4v) is 4.45. The van der Waals surface area contributed by atoms with Gasteiger partial charge in [0.05, 0.1) is 7.11 Å². The summed E-state index contributed by atoms with van der Waals surface area (Å²) in [4.78, 5) is 24.2. The number of rotatable bonds is 3. The molecule has 0 saturated heterocycles. The molecule has 1 atom stereocenters. The molecule has 0 radical (unpaired) electrons. The van der Waals surface area contributed by atoms with Gasteiger partial charge in [0.15, 0.2) is 5.41 Å². The number of carboxylic acid groups (broad SMARTS) is 1. The molecule has 23 heavy (non-hydrogen) atoms. The van der Waals surface area contributed by atoms with Crippen LogP contribution in [-0.4, -0.2) is 24.2 Å². The topological polar surface area (TPSA) is 63.6 Å². The van der Waals surface area contributed by atoms with E-state index in [1.807, 2.05) is 12.1 Å². The highest BCUT2D eigenvalue weighted by Crippen LogP contribution is 2.45. The second-order valence-electron chi connectivity index (χ2n) is 6.57. The normalized spacial score (nSPS) is 24.3. The van der Waals surface area contributed by atoms with Gasteiger partial charge in [-0.15, -0.1) is 0 Å². The molecule has 0 spiro atoms. The molecule has 0 heterocycles. The maximum atomic E-state index is 12.3. The SMILES string of the molecule is COC(=O)C1(C(=O)O)CCc2cc(Cl)c(C3CCCCC3)cc21. The van der Waals surface area contributed by atoms with Crippen LogP contribution in [0.15, 0.2) is 12.1 Å². The Morgan fingerprint density at radius 2 is 1.96 bits per heavy atom. The van der Waals surface area contributed by atoms with E-state index >= 15 is 0 Å². The van der Waals surface area contributed by atoms with Crippen molar-refractivity contribution in [2.45, 2.75) is 56.3 Å². The monoisotopic (exact) mass is 336 g/mol. The summed E-state index contributed by atoms with van der Waals surface area (Å²) < 4.78 is 4.82. The number of aryl methyl sites for hydroxylation is 1. The molecule has 1 aromatic rings. The van der Waals surface area contributed by atoms with Crippen LogP contribution in [0.4, 0.5) is 0 Å². The van der Waals surface area contributed by atoms with Gasteiger partial charge < -0.3 is 9.84 Å². The summed E-state index contributed by atoms with van der Waals surface area (Å²) >= 11 is 6.46. The third kappa shape index (κ3) is 2.53. The van der Waals surface area contributed by atoms with Crippen molar-refractivity contribution in [1.29, 1.82) is 0 Å². The smallest absolute Gasteiger partial charge is 0.327 e. The van der Waals surface area contributed by atoms with Crippen LogP contribution in [0.25, 0.3) is 0 Å². The first-order valence-corrected chi connectivity index (χ1v) is 8.53. The molecule has 5 heteroatoms. The van der Waals surface area contributed by atoms with E-state index in [2.05, 4.69) is 0 Å². The fraction of sp³-hybridized carbons (Fsp3) is 0.556. The Bertz CT molecular complexity index is 649. The van der Waals surface area contributed by atoms with Crippen molar-refractivity contribution in [3.63, 3.8) is 0 Å². The average Bonchev–Trinajstić information content (AvgIpc) is 2.93. The Hall–Kier alpha value is -1.55. The van der Waals surface area contributed by atoms with E-state index in [-0.39, 0.29) is 6.42 Å². The number of halogens is 1. The third-order valence-corrected chi connectivity index (χ3v) is 5.72. The van der Waals surface area contributed by atoms with Gasteiger partial charge in [0.2, 0.25) is 0 Å². The van der Waals surface area contributed by atoms with Crippen LogP contribution < -0.4 is 0 Å². The summed E-state index contributed by atoms with van der Waals surface area (Å²) in [5.74, 6) is -1.48. The molecule has 3 rings (SSSR count). The van der Waals surface area contributed by atoms with Crippen LogP contribution in [0.1, 0.15) is 61.1 Å². The Labute approximate surface area is 140 Å². The van der Waals surface area contributed by atoms with Crippen molar-refractivity contribution in [2.75, 3.05) is 7.11 Å². The van der Waals surface area contributed by atoms with Crippen LogP contribution in [0, 0.1) is 0 Å². The lowest BCUT2D eigenvalue weighted by atomic mass is 9.78. The van der Waals surface area contributed by atoms with Gasteiger partial charge in [-0.2, -0.15) is 0 Å². The van der Waals surface area contributed by atoms with Gasteiger partial charge in [0, 0.05) is 5.02 Å². The minimum atomic E-state index is -1.59. The van der Waals surface area contributed by atoms with Crippen molar-refractivity contribution in [2.24, 2.45) is 0 Å². The van der Waals surface area contributed by atoms with E-state index in [1.165, 1.54) is 26.4 Å². The summed E-state index contributed by atoms with van der Waals surface area (Å²) in [7, 11) is 1.24.